The van der Waals surface area contributed by atoms with Crippen LogP contribution in [-0.4, -0.2) is 35.2 Å². The van der Waals surface area contributed by atoms with E-state index in [2.05, 4.69) is 15.5 Å². The number of fused-ring (bicyclic) bond motifs is 1. The van der Waals surface area contributed by atoms with Crippen molar-refractivity contribution in [3.63, 3.8) is 0 Å². The number of para-hydroxylation sites is 2. The highest BCUT2D eigenvalue weighted by Gasteiger charge is 2.27. The Bertz CT molecular complexity index is 974. The summed E-state index contributed by atoms with van der Waals surface area (Å²) in [6.07, 6.45) is 0.656. The number of hydrogen-bond donors (Lipinski definition) is 1. The number of carbonyl (C=O) groups excluding carboxylic acids is 2. The second-order valence-electron chi connectivity index (χ2n) is 5.95. The van der Waals surface area contributed by atoms with Crippen molar-refractivity contribution in [2.45, 2.75) is 6.42 Å². The first-order chi connectivity index (χ1) is 13.2. The first-order valence-corrected chi connectivity index (χ1v) is 9.19. The van der Waals surface area contributed by atoms with Crippen LogP contribution in [0.1, 0.15) is 10.6 Å². The lowest BCUT2D eigenvalue weighted by atomic mass is 10.2. The van der Waals surface area contributed by atoms with Crippen molar-refractivity contribution in [2.75, 3.05) is 23.4 Å². The largest absolute Gasteiger partial charge is 0.482 e. The monoisotopic (exact) mass is 380 g/mol. The zero-order valence-corrected chi connectivity index (χ0v) is 15.1. The first kappa shape index (κ1) is 17.2. The van der Waals surface area contributed by atoms with Crippen LogP contribution >= 0.6 is 11.3 Å². The molecule has 1 aliphatic heterocycles. The van der Waals surface area contributed by atoms with Gasteiger partial charge in [0.05, 0.1) is 5.69 Å². The van der Waals surface area contributed by atoms with Gasteiger partial charge in [0.1, 0.15) is 17.3 Å². The fourth-order valence-corrected chi connectivity index (χ4v) is 3.57. The Hall–Kier alpha value is -3.26. The molecule has 7 nitrogen and oxygen atoms in total. The molecule has 0 saturated heterocycles. The van der Waals surface area contributed by atoms with Crippen molar-refractivity contribution >= 4 is 34.0 Å². The van der Waals surface area contributed by atoms with E-state index in [4.69, 9.17) is 4.74 Å². The number of anilines is 2. The van der Waals surface area contributed by atoms with Gasteiger partial charge in [-0.3, -0.25) is 19.8 Å². The van der Waals surface area contributed by atoms with E-state index in [1.165, 1.54) is 16.2 Å². The molecule has 1 aliphatic rings. The number of hydrogen-bond acceptors (Lipinski definition) is 6. The lowest BCUT2D eigenvalue weighted by molar-refractivity contribution is -0.123. The average molecular weight is 380 g/mol. The van der Waals surface area contributed by atoms with Crippen LogP contribution in [0.15, 0.2) is 54.6 Å². The van der Waals surface area contributed by atoms with Crippen LogP contribution in [0.2, 0.25) is 0 Å². The Labute approximate surface area is 159 Å². The van der Waals surface area contributed by atoms with Gasteiger partial charge in [0.2, 0.25) is 11.0 Å². The summed E-state index contributed by atoms with van der Waals surface area (Å²) in [6.45, 7) is -0.183. The minimum atomic E-state index is -0.331. The molecular weight excluding hydrogens is 364 g/mol. The first-order valence-electron chi connectivity index (χ1n) is 8.37. The summed E-state index contributed by atoms with van der Waals surface area (Å²) in [5, 5.41) is 12.1. The van der Waals surface area contributed by atoms with Crippen molar-refractivity contribution < 1.29 is 14.3 Å². The average Bonchev–Trinajstić information content (AvgIpc) is 3.11. The normalized spacial score (nSPS) is 13.0. The maximum atomic E-state index is 12.4. The zero-order chi connectivity index (χ0) is 18.6. The van der Waals surface area contributed by atoms with Gasteiger partial charge >= 0.3 is 0 Å². The van der Waals surface area contributed by atoms with Gasteiger partial charge in [0, 0.05) is 6.42 Å². The summed E-state index contributed by atoms with van der Waals surface area (Å²) in [5.74, 6) is -0.000641. The van der Waals surface area contributed by atoms with E-state index in [1.54, 1.807) is 18.2 Å². The molecule has 4 rings (SSSR count). The molecule has 2 heterocycles. The third-order valence-corrected chi connectivity index (χ3v) is 4.86. The number of aromatic nitrogens is 2. The van der Waals surface area contributed by atoms with Gasteiger partial charge in [-0.05, 0) is 17.7 Å². The van der Waals surface area contributed by atoms with Crippen LogP contribution in [-0.2, 0) is 16.0 Å². The molecule has 1 aromatic heterocycles. The Morgan fingerprint density at radius 1 is 1.11 bits per heavy atom. The molecule has 27 heavy (non-hydrogen) atoms. The molecule has 0 radical (unpaired) electrons. The van der Waals surface area contributed by atoms with Crippen molar-refractivity contribution in [2.24, 2.45) is 0 Å². The lowest BCUT2D eigenvalue weighted by Crippen LogP contribution is -2.43. The van der Waals surface area contributed by atoms with Gasteiger partial charge in [-0.25, -0.2) is 0 Å². The van der Waals surface area contributed by atoms with Gasteiger partial charge in [-0.15, -0.1) is 10.2 Å². The van der Waals surface area contributed by atoms with Crippen molar-refractivity contribution in [3.8, 4) is 5.75 Å². The van der Waals surface area contributed by atoms with E-state index in [0.717, 1.165) is 10.6 Å². The summed E-state index contributed by atoms with van der Waals surface area (Å²) in [7, 11) is 0. The topological polar surface area (TPSA) is 84.4 Å². The highest BCUT2D eigenvalue weighted by molar-refractivity contribution is 7.15. The predicted octanol–water partition coefficient (Wildman–Crippen LogP) is 2.49. The van der Waals surface area contributed by atoms with Crippen molar-refractivity contribution in [1.29, 1.82) is 0 Å². The summed E-state index contributed by atoms with van der Waals surface area (Å²) in [4.78, 5) is 26.0. The summed E-state index contributed by atoms with van der Waals surface area (Å²) in [6, 6.07) is 17.1. The van der Waals surface area contributed by atoms with E-state index in [9.17, 15) is 9.59 Å². The smallest absolute Gasteiger partial charge is 0.265 e. The minimum absolute atomic E-state index is 0.0790. The van der Waals surface area contributed by atoms with E-state index >= 15 is 0 Å². The Kier molecular flexibility index (Phi) is 4.80. The molecule has 2 aromatic carbocycles. The fraction of sp³-hybridized carbons (Fsp3) is 0.158. The third-order valence-electron chi connectivity index (χ3n) is 4.02. The molecule has 1 N–H and O–H groups in total. The Morgan fingerprint density at radius 2 is 1.89 bits per heavy atom. The molecule has 0 saturated carbocycles. The molecule has 0 bridgehead atoms. The fourth-order valence-electron chi connectivity index (χ4n) is 2.78. The van der Waals surface area contributed by atoms with Crippen LogP contribution in [0.25, 0.3) is 0 Å². The van der Waals surface area contributed by atoms with Gasteiger partial charge in [-0.1, -0.05) is 53.8 Å². The van der Waals surface area contributed by atoms with Gasteiger partial charge in [0.25, 0.3) is 5.91 Å². The second-order valence-corrected chi connectivity index (χ2v) is 7.01. The number of nitrogens with one attached hydrogen (secondary N) is 1. The van der Waals surface area contributed by atoms with Crippen molar-refractivity contribution in [1.82, 2.24) is 10.2 Å². The minimum Gasteiger partial charge on any atom is -0.482 e. The van der Waals surface area contributed by atoms with Gasteiger partial charge in [0.15, 0.2) is 6.61 Å². The number of nitrogens with zero attached hydrogens (tertiary/aromatic N) is 3. The Balaban J connectivity index is 1.41. The number of rotatable bonds is 5. The highest BCUT2D eigenvalue weighted by Crippen LogP contribution is 2.31. The summed E-state index contributed by atoms with van der Waals surface area (Å²) < 4.78 is 5.38. The quantitative estimate of drug-likeness (QED) is 0.735. The molecule has 0 fully saturated rings. The van der Waals surface area contributed by atoms with Crippen LogP contribution in [0.3, 0.4) is 0 Å². The van der Waals surface area contributed by atoms with Crippen LogP contribution in [0.4, 0.5) is 10.8 Å². The molecule has 2 amide bonds. The predicted molar refractivity (Wildman–Crippen MR) is 102 cm³/mol. The standard InChI is InChI=1S/C19H16N4O3S/c24-16(11-23-14-8-4-5-9-15(14)26-12-18(23)25)20-19-22-21-17(27-19)10-13-6-2-1-3-7-13/h1-9H,10-12H2,(H,20,22,24). The van der Waals surface area contributed by atoms with E-state index in [0.29, 0.717) is 23.0 Å². The van der Waals surface area contributed by atoms with Crippen LogP contribution in [0.5, 0.6) is 5.75 Å². The molecule has 3 aromatic rings. The molecule has 0 unspecified atom stereocenters. The summed E-state index contributed by atoms with van der Waals surface area (Å²) >= 11 is 1.32. The van der Waals surface area contributed by atoms with Gasteiger partial charge in [-0.2, -0.15) is 0 Å². The second kappa shape index (κ2) is 7.55. The number of ether oxygens (including phenoxy) is 1. The zero-order valence-electron chi connectivity index (χ0n) is 14.3. The molecule has 8 heteroatoms. The molecule has 0 atom stereocenters. The number of amides is 2. The SMILES string of the molecule is O=C(CN1C(=O)COc2ccccc21)Nc1nnc(Cc2ccccc2)s1. The molecule has 0 spiro atoms. The maximum Gasteiger partial charge on any atom is 0.265 e. The molecular formula is C19H16N4O3S. The van der Waals surface area contributed by atoms with E-state index in [-0.39, 0.29) is 25.0 Å². The van der Waals surface area contributed by atoms with Crippen LogP contribution in [0, 0.1) is 0 Å². The third kappa shape index (κ3) is 3.95. The van der Waals surface area contributed by atoms with Gasteiger partial charge < -0.3 is 4.74 Å². The van der Waals surface area contributed by atoms with E-state index in [1.807, 2.05) is 36.4 Å². The van der Waals surface area contributed by atoms with Crippen LogP contribution < -0.4 is 15.0 Å². The molecule has 136 valence electrons. The number of carbonyl (C=O) groups is 2. The summed E-state index contributed by atoms with van der Waals surface area (Å²) in [5.41, 5.74) is 1.72. The maximum absolute atomic E-state index is 12.4. The van der Waals surface area contributed by atoms with Crippen molar-refractivity contribution in [3.05, 3.63) is 65.2 Å². The highest BCUT2D eigenvalue weighted by atomic mass is 32.1. The Morgan fingerprint density at radius 3 is 2.74 bits per heavy atom. The molecule has 0 aliphatic carbocycles. The lowest BCUT2D eigenvalue weighted by Gasteiger charge is -2.28. The number of benzene rings is 2. The van der Waals surface area contributed by atoms with E-state index < -0.39 is 0 Å².